The smallest absolute Gasteiger partial charge is 0.243 e. The summed E-state index contributed by atoms with van der Waals surface area (Å²) in [4.78, 5) is 42.3. The largest absolute Gasteiger partial charge is 0.381 e. The Hall–Kier alpha value is -3.56. The quantitative estimate of drug-likeness (QED) is 0.459. The van der Waals surface area contributed by atoms with Crippen LogP contribution in [-0.2, 0) is 32.1 Å². The van der Waals surface area contributed by atoms with E-state index in [0.717, 1.165) is 12.0 Å². The molecule has 8 nitrogen and oxygen atoms in total. The molecule has 1 spiro atoms. The zero-order chi connectivity index (χ0) is 29.4. The number of allylic oxidation sites excluding steroid dienone is 2. The Morgan fingerprint density at radius 1 is 1.02 bits per heavy atom. The topological polar surface area (TPSA) is 99.8 Å². The number of carbonyl (C=O) groups excluding carboxylic acids is 3. The molecule has 2 fully saturated rings. The van der Waals surface area contributed by atoms with Crippen molar-refractivity contribution in [2.24, 2.45) is 11.3 Å². The maximum Gasteiger partial charge on any atom is 0.243 e. The normalized spacial score (nSPS) is 25.7. The van der Waals surface area contributed by atoms with Gasteiger partial charge in [-0.25, -0.2) is 4.39 Å². The highest BCUT2D eigenvalue weighted by molar-refractivity contribution is 5.90. The molecule has 0 unspecified atom stereocenters. The first kappa shape index (κ1) is 29.9. The van der Waals surface area contributed by atoms with Crippen LogP contribution in [0.3, 0.4) is 0 Å². The number of hydrogen-bond acceptors (Lipinski definition) is 5. The maximum atomic E-state index is 13.7. The zero-order valence-electron chi connectivity index (χ0n) is 24.0. The number of halogens is 1. The Balaban J connectivity index is 1.28. The Bertz CT molecular complexity index is 1260. The molecule has 0 aromatic heterocycles. The predicted molar refractivity (Wildman–Crippen MR) is 158 cm³/mol. The molecule has 224 valence electrons. The van der Waals surface area contributed by atoms with Crippen LogP contribution in [0.2, 0.25) is 0 Å². The number of hydrogen-bond donors (Lipinski definition) is 3. The highest BCUT2D eigenvalue weighted by Gasteiger charge is 2.41. The molecular weight excluding hydrogens is 535 g/mol. The molecule has 3 amide bonds. The van der Waals surface area contributed by atoms with Crippen molar-refractivity contribution in [3.63, 3.8) is 0 Å². The van der Waals surface area contributed by atoms with E-state index >= 15 is 0 Å². The van der Waals surface area contributed by atoms with E-state index in [2.05, 4.69) is 33.0 Å². The Kier molecular flexibility index (Phi) is 10.0. The fourth-order valence-corrected chi connectivity index (χ4v) is 6.31. The van der Waals surface area contributed by atoms with Crippen LogP contribution in [0.1, 0.15) is 43.2 Å². The summed E-state index contributed by atoms with van der Waals surface area (Å²) in [5.41, 5.74) is 1.11. The lowest BCUT2D eigenvalue weighted by Gasteiger charge is -2.40. The molecule has 3 atom stereocenters. The van der Waals surface area contributed by atoms with Crippen molar-refractivity contribution in [3.05, 3.63) is 83.7 Å². The first-order chi connectivity index (χ1) is 20.4. The Labute approximate surface area is 247 Å². The zero-order valence-corrected chi connectivity index (χ0v) is 24.0. The predicted octanol–water partition coefficient (Wildman–Crippen LogP) is 3.12. The van der Waals surface area contributed by atoms with Gasteiger partial charge >= 0.3 is 0 Å². The van der Waals surface area contributed by atoms with E-state index < -0.39 is 11.5 Å². The van der Waals surface area contributed by atoms with Crippen LogP contribution in [0.15, 0.2) is 66.7 Å². The summed E-state index contributed by atoms with van der Waals surface area (Å²) in [6.45, 7) is 2.90. The van der Waals surface area contributed by atoms with Crippen molar-refractivity contribution in [2.45, 2.75) is 57.2 Å². The molecule has 3 aliphatic heterocycles. The van der Waals surface area contributed by atoms with Crippen LogP contribution in [-0.4, -0.2) is 67.6 Å². The van der Waals surface area contributed by atoms with E-state index in [9.17, 15) is 18.8 Å². The number of likely N-dealkylation sites (tertiary alicyclic amines) is 1. The molecule has 0 saturated carbocycles. The van der Waals surface area contributed by atoms with Crippen molar-refractivity contribution in [1.29, 1.82) is 0 Å². The second-order valence-corrected chi connectivity index (χ2v) is 11.8. The lowest BCUT2D eigenvalue weighted by molar-refractivity contribution is -0.140. The molecule has 42 heavy (non-hydrogen) atoms. The monoisotopic (exact) mass is 576 g/mol. The summed E-state index contributed by atoms with van der Waals surface area (Å²) in [6, 6.07) is 15.2. The van der Waals surface area contributed by atoms with Gasteiger partial charge in [0.05, 0.1) is 12.0 Å². The van der Waals surface area contributed by atoms with Crippen LogP contribution >= 0.6 is 0 Å². The third-order valence-corrected chi connectivity index (χ3v) is 8.84. The third-order valence-electron chi connectivity index (χ3n) is 8.84. The minimum Gasteiger partial charge on any atom is -0.381 e. The van der Waals surface area contributed by atoms with E-state index in [1.807, 2.05) is 30.3 Å². The molecule has 0 aliphatic carbocycles. The van der Waals surface area contributed by atoms with Gasteiger partial charge in [0.1, 0.15) is 11.9 Å². The Morgan fingerprint density at radius 2 is 1.81 bits per heavy atom. The first-order valence-electron chi connectivity index (χ1n) is 15.0. The second kappa shape index (κ2) is 14.1. The van der Waals surface area contributed by atoms with Crippen molar-refractivity contribution < 1.29 is 23.5 Å². The van der Waals surface area contributed by atoms with E-state index in [1.54, 1.807) is 12.1 Å². The second-order valence-electron chi connectivity index (χ2n) is 11.8. The minimum absolute atomic E-state index is 0.0691. The average Bonchev–Trinajstić information content (AvgIpc) is 2.99. The van der Waals surface area contributed by atoms with Gasteiger partial charge in [-0.15, -0.1) is 0 Å². The van der Waals surface area contributed by atoms with Gasteiger partial charge < -0.3 is 20.7 Å². The lowest BCUT2D eigenvalue weighted by atomic mass is 9.75. The van der Waals surface area contributed by atoms with Gasteiger partial charge in [0.2, 0.25) is 17.7 Å². The summed E-state index contributed by atoms with van der Waals surface area (Å²) in [6.07, 6.45) is 7.94. The van der Waals surface area contributed by atoms with Crippen molar-refractivity contribution >= 4 is 17.7 Å². The molecule has 3 aliphatic rings. The van der Waals surface area contributed by atoms with Crippen LogP contribution in [0.25, 0.3) is 0 Å². The van der Waals surface area contributed by atoms with Gasteiger partial charge in [0, 0.05) is 45.3 Å². The van der Waals surface area contributed by atoms with Gasteiger partial charge in [-0.3, -0.25) is 19.3 Å². The van der Waals surface area contributed by atoms with Crippen molar-refractivity contribution in [1.82, 2.24) is 20.9 Å². The lowest BCUT2D eigenvalue weighted by Crippen LogP contribution is -2.58. The Morgan fingerprint density at radius 3 is 2.60 bits per heavy atom. The average molecular weight is 577 g/mol. The minimum atomic E-state index is -0.685. The maximum absolute atomic E-state index is 13.7. The number of rotatable bonds is 6. The number of amides is 3. The van der Waals surface area contributed by atoms with Gasteiger partial charge in [0.25, 0.3) is 0 Å². The van der Waals surface area contributed by atoms with Crippen molar-refractivity contribution in [3.8, 4) is 0 Å². The molecule has 9 heteroatoms. The van der Waals surface area contributed by atoms with E-state index in [-0.39, 0.29) is 48.6 Å². The number of nitrogens with zero attached hydrogens (tertiary/aromatic N) is 1. The van der Waals surface area contributed by atoms with Gasteiger partial charge in [-0.1, -0.05) is 54.6 Å². The van der Waals surface area contributed by atoms with E-state index in [4.69, 9.17) is 4.74 Å². The first-order valence-corrected chi connectivity index (χ1v) is 15.0. The van der Waals surface area contributed by atoms with E-state index in [0.29, 0.717) is 64.0 Å². The molecule has 3 heterocycles. The highest BCUT2D eigenvalue weighted by Crippen LogP contribution is 2.36. The number of nitrogens with one attached hydrogen (secondary N) is 3. The SMILES string of the molecule is O=C(CN1CC[C@H]2NC(=O)[C@@H](Cc3ccccc3)NC(=O)C3(C/C=C/C[C@@H]2C1)CCOCC3)NCc1cccc(F)c1. The molecule has 0 radical (unpaired) electrons. The molecule has 0 bridgehead atoms. The number of carbonyl (C=O) groups is 3. The summed E-state index contributed by atoms with van der Waals surface area (Å²) in [5, 5.41) is 9.29. The summed E-state index contributed by atoms with van der Waals surface area (Å²) < 4.78 is 19.1. The molecule has 2 aromatic rings. The molecule has 2 saturated heterocycles. The van der Waals surface area contributed by atoms with Crippen LogP contribution in [0, 0.1) is 17.2 Å². The van der Waals surface area contributed by atoms with Crippen LogP contribution in [0.5, 0.6) is 0 Å². The van der Waals surface area contributed by atoms with Crippen LogP contribution < -0.4 is 16.0 Å². The third kappa shape index (κ3) is 7.83. The molecule has 2 aromatic carbocycles. The summed E-state index contributed by atoms with van der Waals surface area (Å²) in [7, 11) is 0. The molecule has 3 N–H and O–H groups in total. The van der Waals surface area contributed by atoms with Gasteiger partial charge in [-0.05, 0) is 61.3 Å². The fourth-order valence-electron chi connectivity index (χ4n) is 6.31. The molecule has 5 rings (SSSR count). The number of benzene rings is 2. The number of piperidine rings is 1. The fraction of sp³-hybridized carbons (Fsp3) is 0.485. The highest BCUT2D eigenvalue weighted by atomic mass is 19.1. The van der Waals surface area contributed by atoms with Gasteiger partial charge in [-0.2, -0.15) is 0 Å². The van der Waals surface area contributed by atoms with Crippen molar-refractivity contribution in [2.75, 3.05) is 32.8 Å². The summed E-state index contributed by atoms with van der Waals surface area (Å²) >= 11 is 0. The number of fused-ring (bicyclic) bond motifs is 1. The molecular formula is C33H41FN4O4. The van der Waals surface area contributed by atoms with Gasteiger partial charge in [0.15, 0.2) is 0 Å². The standard InChI is InChI=1S/C33H41FN4O4/c34-27-11-6-9-25(19-27)21-35-30(39)23-38-16-12-28-26(22-38)10-4-5-13-33(14-17-42-18-15-33)32(41)37-29(31(40)36-28)20-24-7-2-1-3-8-24/h1-9,11,19,26,28-29H,10,12-18,20-23H2,(H,35,39)(H,36,40)(H,37,41)/b5-4+/t26-,28-,29-/m1/s1. The van der Waals surface area contributed by atoms with Crippen LogP contribution in [0.4, 0.5) is 4.39 Å². The number of ether oxygens (including phenoxy) is 1. The van der Waals surface area contributed by atoms with E-state index in [1.165, 1.54) is 12.1 Å². The summed E-state index contributed by atoms with van der Waals surface area (Å²) in [5.74, 6) is -0.571.